The van der Waals surface area contributed by atoms with Crippen LogP contribution in [0.2, 0.25) is 0 Å². The minimum atomic E-state index is -1.00. The number of carbonyl (C=O) groups excluding carboxylic acids is 2. The number of nitrogens with two attached hydrogens (primary N) is 2. The molecule has 12 heteroatoms. The van der Waals surface area contributed by atoms with Gasteiger partial charge in [-0.1, -0.05) is 18.2 Å². The zero-order valence-electron chi connectivity index (χ0n) is 17.5. The van der Waals surface area contributed by atoms with E-state index in [-0.39, 0.29) is 46.8 Å². The molecule has 4 aromatic rings. The number of nitrogens with zero attached hydrogens (tertiary/aromatic N) is 2. The van der Waals surface area contributed by atoms with Crippen LogP contribution >= 0.6 is 0 Å². The maximum atomic E-state index is 12.7. The van der Waals surface area contributed by atoms with Gasteiger partial charge in [-0.2, -0.15) is 0 Å². The van der Waals surface area contributed by atoms with Gasteiger partial charge in [-0.15, -0.1) is 0 Å². The van der Waals surface area contributed by atoms with Crippen molar-refractivity contribution in [2.45, 2.75) is 13.1 Å². The number of nitro groups is 1. The van der Waals surface area contributed by atoms with Crippen LogP contribution in [0.3, 0.4) is 0 Å². The highest BCUT2D eigenvalue weighted by Crippen LogP contribution is 2.34. The highest BCUT2D eigenvalue weighted by atomic mass is 17.0. The average molecular weight is 466 g/mol. The van der Waals surface area contributed by atoms with Gasteiger partial charge < -0.3 is 20.3 Å². The molecule has 2 aromatic carbocycles. The summed E-state index contributed by atoms with van der Waals surface area (Å²) in [6.45, 7) is 0.113. The van der Waals surface area contributed by atoms with Gasteiger partial charge in [0.05, 0.1) is 23.4 Å². The first-order chi connectivity index (χ1) is 16.4. The lowest BCUT2D eigenvalue weighted by molar-refractivity contribution is -0.383. The Bertz CT molecular complexity index is 1320. The lowest BCUT2D eigenvalue weighted by atomic mass is 10.1. The van der Waals surface area contributed by atoms with Crippen LogP contribution in [0.1, 0.15) is 32.6 Å². The van der Waals surface area contributed by atoms with Crippen molar-refractivity contribution < 1.29 is 33.0 Å². The Morgan fingerprint density at radius 1 is 0.824 bits per heavy atom. The summed E-state index contributed by atoms with van der Waals surface area (Å²) in [5.41, 5.74) is 10.9. The van der Waals surface area contributed by atoms with Crippen molar-refractivity contribution >= 4 is 34.1 Å². The monoisotopic (exact) mass is 466 g/mol. The van der Waals surface area contributed by atoms with E-state index in [9.17, 15) is 19.7 Å². The van der Waals surface area contributed by atoms with E-state index in [2.05, 4.69) is 0 Å². The van der Waals surface area contributed by atoms with E-state index in [1.165, 1.54) is 42.5 Å². The largest absolute Gasteiger partial charge is 0.453 e. The van der Waals surface area contributed by atoms with E-state index >= 15 is 0 Å². The zero-order chi connectivity index (χ0) is 24.2. The van der Waals surface area contributed by atoms with Gasteiger partial charge >= 0.3 is 11.9 Å². The highest BCUT2D eigenvalue weighted by molar-refractivity contribution is 6.00. The molecule has 0 atom stereocenters. The number of rotatable bonds is 8. The molecule has 0 fully saturated rings. The van der Waals surface area contributed by atoms with E-state index in [1.807, 2.05) is 0 Å². The van der Waals surface area contributed by atoms with Crippen LogP contribution in [-0.4, -0.2) is 16.9 Å². The molecule has 4 rings (SSSR count). The van der Waals surface area contributed by atoms with Crippen LogP contribution in [0.25, 0.3) is 10.8 Å². The number of hydrogen-bond donors (Lipinski definition) is 2. The van der Waals surface area contributed by atoms with Gasteiger partial charge in [-0.05, 0) is 41.6 Å². The van der Waals surface area contributed by atoms with Gasteiger partial charge in [0.25, 0.3) is 5.69 Å². The molecule has 0 saturated carbocycles. The molecular weight excluding hydrogens is 448 g/mol. The van der Waals surface area contributed by atoms with Crippen LogP contribution in [0.4, 0.5) is 11.4 Å². The molecule has 0 amide bonds. The van der Waals surface area contributed by atoms with Crippen molar-refractivity contribution in [3.05, 3.63) is 93.8 Å². The molecule has 12 nitrogen and oxygen atoms in total. The SMILES string of the molecule is NCc1ccc(C(=O)ON(OC(=O)c2ccc(CN)o2)c2ccc([N+](=O)[O-])c3ccccc23)o1. The fourth-order valence-electron chi connectivity index (χ4n) is 3.14. The first kappa shape index (κ1) is 22.5. The van der Waals surface area contributed by atoms with Gasteiger partial charge in [0, 0.05) is 11.5 Å². The predicted molar refractivity (Wildman–Crippen MR) is 117 cm³/mol. The number of non-ortho nitro benzene ring substituents is 1. The van der Waals surface area contributed by atoms with Crippen molar-refractivity contribution in [2.24, 2.45) is 11.5 Å². The van der Waals surface area contributed by atoms with E-state index in [1.54, 1.807) is 18.2 Å². The number of benzene rings is 2. The Balaban J connectivity index is 1.74. The molecule has 174 valence electrons. The number of carbonyl (C=O) groups is 2. The van der Waals surface area contributed by atoms with Crippen molar-refractivity contribution in [3.63, 3.8) is 0 Å². The third kappa shape index (κ3) is 4.44. The molecule has 0 unspecified atom stereocenters. The Morgan fingerprint density at radius 3 is 1.82 bits per heavy atom. The molecule has 0 bridgehead atoms. The van der Waals surface area contributed by atoms with Crippen molar-refractivity contribution in [3.8, 4) is 0 Å². The smallest absolute Gasteiger partial charge is 0.402 e. The van der Waals surface area contributed by atoms with Gasteiger partial charge in [-0.3, -0.25) is 19.8 Å². The molecule has 0 aliphatic heterocycles. The van der Waals surface area contributed by atoms with Crippen LogP contribution < -0.4 is 16.7 Å². The molecule has 34 heavy (non-hydrogen) atoms. The molecule has 4 N–H and O–H groups in total. The maximum Gasteiger partial charge on any atom is 0.402 e. The van der Waals surface area contributed by atoms with Crippen LogP contribution in [0, 0.1) is 10.1 Å². The second-order valence-corrected chi connectivity index (χ2v) is 6.86. The fraction of sp³-hybridized carbons (Fsp3) is 0.0909. The van der Waals surface area contributed by atoms with Crippen molar-refractivity contribution in [2.75, 3.05) is 5.23 Å². The van der Waals surface area contributed by atoms with Gasteiger partial charge in [-0.25, -0.2) is 9.59 Å². The Kier molecular flexibility index (Phi) is 6.25. The molecule has 0 saturated heterocycles. The second-order valence-electron chi connectivity index (χ2n) is 6.86. The minimum Gasteiger partial charge on any atom is -0.453 e. The lowest BCUT2D eigenvalue weighted by Gasteiger charge is -2.21. The van der Waals surface area contributed by atoms with Gasteiger partial charge in [0.15, 0.2) is 0 Å². The summed E-state index contributed by atoms with van der Waals surface area (Å²) >= 11 is 0. The highest BCUT2D eigenvalue weighted by Gasteiger charge is 2.27. The molecule has 2 aromatic heterocycles. The number of furan rings is 2. The van der Waals surface area contributed by atoms with Crippen LogP contribution in [0.5, 0.6) is 0 Å². The van der Waals surface area contributed by atoms with Gasteiger partial charge in [0.1, 0.15) is 17.2 Å². The summed E-state index contributed by atoms with van der Waals surface area (Å²) in [5.74, 6) is -1.73. The third-order valence-electron chi connectivity index (χ3n) is 4.73. The minimum absolute atomic E-state index is 0.0408. The molecule has 2 heterocycles. The van der Waals surface area contributed by atoms with Crippen molar-refractivity contribution in [1.82, 2.24) is 0 Å². The van der Waals surface area contributed by atoms with E-state index < -0.39 is 16.9 Å². The summed E-state index contributed by atoms with van der Waals surface area (Å²) in [6, 6.07) is 14.4. The standard InChI is InChI=1S/C22H18N4O8/c23-11-13-5-9-19(31-13)21(27)33-26(34-22(28)20-10-6-14(12-24)32-20)18-8-7-17(25(29)30)15-3-1-2-4-16(15)18/h1-10H,11-12,23-24H2. The van der Waals surface area contributed by atoms with Crippen LogP contribution in [-0.2, 0) is 22.8 Å². The van der Waals surface area contributed by atoms with E-state index in [0.29, 0.717) is 16.7 Å². The number of anilines is 1. The summed E-state index contributed by atoms with van der Waals surface area (Å²) in [5, 5.41) is 12.5. The number of fused-ring (bicyclic) bond motifs is 1. The first-order valence-electron chi connectivity index (χ1n) is 9.89. The first-order valence-corrected chi connectivity index (χ1v) is 9.89. The van der Waals surface area contributed by atoms with Gasteiger partial charge in [0.2, 0.25) is 11.5 Å². The quantitative estimate of drug-likeness (QED) is 0.288. The fourth-order valence-corrected chi connectivity index (χ4v) is 3.14. The van der Waals surface area contributed by atoms with E-state index in [0.717, 1.165) is 0 Å². The second kappa shape index (κ2) is 9.44. The summed E-state index contributed by atoms with van der Waals surface area (Å²) in [6.07, 6.45) is 0. The molecule has 0 aliphatic rings. The van der Waals surface area contributed by atoms with Crippen LogP contribution in [0.15, 0.2) is 69.5 Å². The predicted octanol–water partition coefficient (Wildman–Crippen LogP) is 3.20. The Morgan fingerprint density at radius 2 is 1.35 bits per heavy atom. The zero-order valence-corrected chi connectivity index (χ0v) is 17.5. The summed E-state index contributed by atoms with van der Waals surface area (Å²) in [7, 11) is 0. The Labute approximate surface area is 191 Å². The normalized spacial score (nSPS) is 10.8. The lowest BCUT2D eigenvalue weighted by Crippen LogP contribution is -2.30. The molecule has 0 radical (unpaired) electrons. The number of nitro benzene ring substituents is 1. The summed E-state index contributed by atoms with van der Waals surface area (Å²) < 4.78 is 10.6. The topological polar surface area (TPSA) is 177 Å². The third-order valence-corrected chi connectivity index (χ3v) is 4.73. The molecular formula is C22H18N4O8. The maximum absolute atomic E-state index is 12.7. The Hall–Kier alpha value is -4.68. The van der Waals surface area contributed by atoms with Crippen molar-refractivity contribution in [1.29, 1.82) is 0 Å². The summed E-state index contributed by atoms with van der Waals surface area (Å²) in [4.78, 5) is 46.9. The number of hydrogen-bond acceptors (Lipinski definition) is 11. The average Bonchev–Trinajstić information content (AvgIpc) is 3.52. The molecule has 0 spiro atoms. The molecule has 0 aliphatic carbocycles. The van der Waals surface area contributed by atoms with E-state index in [4.69, 9.17) is 30.0 Å².